The van der Waals surface area contributed by atoms with Crippen LogP contribution in [0.3, 0.4) is 0 Å². The molecule has 0 saturated heterocycles. The van der Waals surface area contributed by atoms with E-state index in [2.05, 4.69) is 9.72 Å². The van der Waals surface area contributed by atoms with Crippen molar-refractivity contribution in [3.63, 3.8) is 0 Å². The second kappa shape index (κ2) is 11.7. The number of carboxylic acids is 1. The standard InChI is InChI=1S/C23H28F3NO7/c1-3-30-20(22(28)29)13-32-17-8-5-7-16(11-17)31-12-19-14(2)33-21(27-19)15-6-4-9-18(10-15)34-23(24,25)26/h4,6,9-10,16-17,20H,3,5,7-8,11-13H2,1-2H3,(H,28,29)/t16-,17+,20?/m0/s1. The second-order valence-corrected chi connectivity index (χ2v) is 7.93. The fraction of sp³-hybridized carbons (Fsp3) is 0.565. The number of hydrogen-bond acceptors (Lipinski definition) is 7. The van der Waals surface area contributed by atoms with Gasteiger partial charge in [0, 0.05) is 12.2 Å². The lowest BCUT2D eigenvalue weighted by Gasteiger charge is -2.29. The molecule has 1 heterocycles. The van der Waals surface area contributed by atoms with Crippen LogP contribution in [0.15, 0.2) is 28.7 Å². The Kier molecular flexibility index (Phi) is 8.92. The van der Waals surface area contributed by atoms with Crippen LogP contribution in [-0.4, -0.2) is 53.9 Å². The molecule has 0 radical (unpaired) electrons. The number of rotatable bonds is 11. The van der Waals surface area contributed by atoms with Crippen molar-refractivity contribution in [3.8, 4) is 17.2 Å². The van der Waals surface area contributed by atoms with E-state index in [1.54, 1.807) is 19.9 Å². The van der Waals surface area contributed by atoms with Crippen LogP contribution in [-0.2, 0) is 25.6 Å². The average Bonchev–Trinajstić information content (AvgIpc) is 3.15. The van der Waals surface area contributed by atoms with Gasteiger partial charge in [-0.15, -0.1) is 13.2 Å². The van der Waals surface area contributed by atoms with Crippen molar-refractivity contribution in [2.75, 3.05) is 13.2 Å². The molecule has 1 aliphatic carbocycles. The Morgan fingerprint density at radius 1 is 1.26 bits per heavy atom. The summed E-state index contributed by atoms with van der Waals surface area (Å²) in [7, 11) is 0. The van der Waals surface area contributed by atoms with Crippen molar-refractivity contribution in [1.82, 2.24) is 4.98 Å². The van der Waals surface area contributed by atoms with E-state index in [-0.39, 0.29) is 43.7 Å². The number of aryl methyl sites for hydroxylation is 1. The van der Waals surface area contributed by atoms with E-state index in [0.29, 0.717) is 23.4 Å². The molecule has 34 heavy (non-hydrogen) atoms. The van der Waals surface area contributed by atoms with E-state index in [1.165, 1.54) is 18.2 Å². The van der Waals surface area contributed by atoms with Crippen LogP contribution < -0.4 is 4.74 Å². The minimum atomic E-state index is -4.79. The fourth-order valence-electron chi connectivity index (χ4n) is 3.73. The maximum atomic E-state index is 12.5. The molecule has 8 nitrogen and oxygen atoms in total. The smallest absolute Gasteiger partial charge is 0.479 e. The monoisotopic (exact) mass is 487 g/mol. The number of carbonyl (C=O) groups is 1. The summed E-state index contributed by atoms with van der Waals surface area (Å²) in [6, 6.07) is 5.41. The van der Waals surface area contributed by atoms with Gasteiger partial charge in [0.15, 0.2) is 6.10 Å². The molecular formula is C23H28F3NO7. The largest absolute Gasteiger partial charge is 0.573 e. The summed E-state index contributed by atoms with van der Waals surface area (Å²) < 4.78 is 64.0. The van der Waals surface area contributed by atoms with Gasteiger partial charge in [0.1, 0.15) is 17.2 Å². The Morgan fingerprint density at radius 3 is 2.68 bits per heavy atom. The quantitative estimate of drug-likeness (QED) is 0.479. The fourth-order valence-corrected chi connectivity index (χ4v) is 3.73. The normalized spacial score (nSPS) is 19.7. The van der Waals surface area contributed by atoms with Crippen molar-refractivity contribution in [2.45, 2.75) is 70.8 Å². The summed E-state index contributed by atoms with van der Waals surface area (Å²) in [5.41, 5.74) is 0.895. The third kappa shape index (κ3) is 7.71. The Labute approximate surface area is 195 Å². The Morgan fingerprint density at radius 2 is 2.00 bits per heavy atom. The number of ether oxygens (including phenoxy) is 4. The molecule has 1 saturated carbocycles. The zero-order valence-electron chi connectivity index (χ0n) is 19.0. The van der Waals surface area contributed by atoms with Crippen molar-refractivity contribution < 1.29 is 46.4 Å². The number of halogens is 3. The first-order valence-electron chi connectivity index (χ1n) is 11.0. The van der Waals surface area contributed by atoms with Crippen LogP contribution in [0, 0.1) is 6.92 Å². The van der Waals surface area contributed by atoms with E-state index >= 15 is 0 Å². The van der Waals surface area contributed by atoms with Gasteiger partial charge in [-0.1, -0.05) is 6.07 Å². The number of benzene rings is 1. The molecule has 1 fully saturated rings. The predicted octanol–water partition coefficient (Wildman–Crippen LogP) is 4.88. The number of hydrogen-bond donors (Lipinski definition) is 1. The van der Waals surface area contributed by atoms with Gasteiger partial charge in [-0.3, -0.25) is 0 Å². The molecule has 1 aromatic carbocycles. The highest BCUT2D eigenvalue weighted by atomic mass is 19.4. The lowest BCUT2D eigenvalue weighted by atomic mass is 9.95. The molecule has 3 atom stereocenters. The van der Waals surface area contributed by atoms with E-state index in [4.69, 9.17) is 23.7 Å². The van der Waals surface area contributed by atoms with E-state index in [1.807, 2.05) is 0 Å². The summed E-state index contributed by atoms with van der Waals surface area (Å²) in [4.78, 5) is 15.6. The molecule has 188 valence electrons. The van der Waals surface area contributed by atoms with E-state index in [0.717, 1.165) is 19.3 Å². The molecular weight excluding hydrogens is 459 g/mol. The highest BCUT2D eigenvalue weighted by Gasteiger charge is 2.31. The maximum Gasteiger partial charge on any atom is 0.573 e. The summed E-state index contributed by atoms with van der Waals surface area (Å²) >= 11 is 0. The molecule has 1 aliphatic rings. The summed E-state index contributed by atoms with van der Waals surface area (Å²) in [5.74, 6) is -0.745. The lowest BCUT2D eigenvalue weighted by molar-refractivity contribution is -0.274. The molecule has 0 bridgehead atoms. The summed E-state index contributed by atoms with van der Waals surface area (Å²) in [5, 5.41) is 9.17. The van der Waals surface area contributed by atoms with Crippen LogP contribution in [0.25, 0.3) is 11.5 Å². The molecule has 0 aliphatic heterocycles. The second-order valence-electron chi connectivity index (χ2n) is 7.93. The van der Waals surface area contributed by atoms with Crippen LogP contribution in [0.1, 0.15) is 44.1 Å². The molecule has 11 heteroatoms. The average molecular weight is 487 g/mol. The van der Waals surface area contributed by atoms with Crippen molar-refractivity contribution in [1.29, 1.82) is 0 Å². The van der Waals surface area contributed by atoms with Gasteiger partial charge in [0.2, 0.25) is 5.89 Å². The number of alkyl halides is 3. The zero-order chi connectivity index (χ0) is 24.7. The molecule has 2 aromatic rings. The third-order valence-corrected chi connectivity index (χ3v) is 5.37. The number of aromatic nitrogens is 1. The molecule has 0 spiro atoms. The minimum absolute atomic E-state index is 0.0244. The van der Waals surface area contributed by atoms with Gasteiger partial charge in [0.05, 0.1) is 25.4 Å². The maximum absolute atomic E-state index is 12.5. The molecule has 1 aromatic heterocycles. The Balaban J connectivity index is 1.55. The summed E-state index contributed by atoms with van der Waals surface area (Å²) in [6.45, 7) is 3.86. The molecule has 0 amide bonds. The zero-order valence-corrected chi connectivity index (χ0v) is 19.0. The first-order valence-corrected chi connectivity index (χ1v) is 11.0. The minimum Gasteiger partial charge on any atom is -0.479 e. The Hall–Kier alpha value is -2.63. The molecule has 1 N–H and O–H groups in total. The third-order valence-electron chi connectivity index (χ3n) is 5.37. The highest BCUT2D eigenvalue weighted by molar-refractivity contribution is 5.72. The van der Waals surface area contributed by atoms with Gasteiger partial charge in [-0.2, -0.15) is 0 Å². The number of carboxylic acid groups (broad SMARTS) is 1. The number of nitrogens with zero attached hydrogens (tertiary/aromatic N) is 1. The van der Waals surface area contributed by atoms with Crippen molar-refractivity contribution >= 4 is 5.97 Å². The number of oxazole rings is 1. The predicted molar refractivity (Wildman–Crippen MR) is 113 cm³/mol. The molecule has 1 unspecified atom stereocenters. The van der Waals surface area contributed by atoms with Crippen molar-refractivity contribution in [3.05, 3.63) is 35.7 Å². The van der Waals surface area contributed by atoms with Crippen molar-refractivity contribution in [2.24, 2.45) is 0 Å². The highest BCUT2D eigenvalue weighted by Crippen LogP contribution is 2.30. The first-order chi connectivity index (χ1) is 16.1. The van der Waals surface area contributed by atoms with E-state index < -0.39 is 18.4 Å². The van der Waals surface area contributed by atoms with Gasteiger partial charge in [-0.05, 0) is 57.7 Å². The number of aliphatic carboxylic acids is 1. The molecule has 3 rings (SSSR count). The van der Waals surface area contributed by atoms with Gasteiger partial charge < -0.3 is 28.5 Å². The van der Waals surface area contributed by atoms with Crippen LogP contribution >= 0.6 is 0 Å². The summed E-state index contributed by atoms with van der Waals surface area (Å²) in [6.07, 6.45) is -2.90. The van der Waals surface area contributed by atoms with E-state index in [9.17, 15) is 18.0 Å². The first kappa shape index (κ1) is 26.0. The van der Waals surface area contributed by atoms with Crippen LogP contribution in [0.4, 0.5) is 13.2 Å². The van der Waals surface area contributed by atoms with Gasteiger partial charge >= 0.3 is 12.3 Å². The SMILES string of the molecule is CCOC(CO[C@@H]1CCC[C@H](OCc2nc(-c3cccc(OC(F)(F)F)c3)oc2C)C1)C(=O)O. The Bertz CT molecular complexity index is 947. The lowest BCUT2D eigenvalue weighted by Crippen LogP contribution is -2.34. The van der Waals surface area contributed by atoms with Gasteiger partial charge in [0.25, 0.3) is 0 Å². The van der Waals surface area contributed by atoms with Crippen LogP contribution in [0.5, 0.6) is 5.75 Å². The van der Waals surface area contributed by atoms with Gasteiger partial charge in [-0.25, -0.2) is 9.78 Å². The van der Waals surface area contributed by atoms with Crippen LogP contribution in [0.2, 0.25) is 0 Å². The topological polar surface area (TPSA) is 100 Å².